The first-order chi connectivity index (χ1) is 5.70. The Morgan fingerprint density at radius 2 is 2.33 bits per heavy atom. The van der Waals surface area contributed by atoms with Crippen LogP contribution in [-0.4, -0.2) is 30.0 Å². The van der Waals surface area contributed by atoms with E-state index in [0.717, 1.165) is 12.8 Å². The number of aliphatic hydroxyl groups excluding tert-OH is 1. The van der Waals surface area contributed by atoms with Gasteiger partial charge < -0.3 is 15.6 Å². The molecule has 0 radical (unpaired) electrons. The molecule has 3 unspecified atom stereocenters. The van der Waals surface area contributed by atoms with E-state index in [2.05, 4.69) is 0 Å². The highest BCUT2D eigenvalue weighted by molar-refractivity contribution is 4.80. The summed E-state index contributed by atoms with van der Waals surface area (Å²) in [6, 6.07) is 0.221. The van der Waals surface area contributed by atoms with Crippen molar-refractivity contribution in [3.63, 3.8) is 0 Å². The summed E-state index contributed by atoms with van der Waals surface area (Å²) < 4.78 is 5.54. The number of nitrogens with two attached hydrogens (primary N) is 1. The first-order valence-corrected chi connectivity index (χ1v) is 4.75. The number of rotatable bonds is 4. The summed E-state index contributed by atoms with van der Waals surface area (Å²) in [6.45, 7) is 2.41. The van der Waals surface area contributed by atoms with Crippen LogP contribution in [0.1, 0.15) is 32.6 Å². The van der Waals surface area contributed by atoms with Crippen molar-refractivity contribution in [2.45, 2.75) is 50.9 Å². The maximum absolute atomic E-state index is 8.98. The van der Waals surface area contributed by atoms with Crippen LogP contribution in [0.25, 0.3) is 0 Å². The molecule has 1 rings (SSSR count). The van der Waals surface area contributed by atoms with Gasteiger partial charge in [-0.25, -0.2) is 0 Å². The van der Waals surface area contributed by atoms with Gasteiger partial charge in [0, 0.05) is 12.6 Å². The molecule has 0 saturated heterocycles. The third kappa shape index (κ3) is 3.09. The Bertz CT molecular complexity index is 128. The van der Waals surface area contributed by atoms with Gasteiger partial charge >= 0.3 is 0 Å². The molecule has 3 nitrogen and oxygen atoms in total. The Morgan fingerprint density at radius 1 is 1.58 bits per heavy atom. The third-order valence-corrected chi connectivity index (χ3v) is 2.37. The van der Waals surface area contributed by atoms with Gasteiger partial charge in [0.05, 0.1) is 12.2 Å². The van der Waals surface area contributed by atoms with Gasteiger partial charge in [0.15, 0.2) is 0 Å². The molecule has 0 aliphatic heterocycles. The van der Waals surface area contributed by atoms with Crippen molar-refractivity contribution in [3.8, 4) is 0 Å². The average molecular weight is 173 g/mol. The minimum atomic E-state index is -0.261. The highest BCUT2D eigenvalue weighted by Crippen LogP contribution is 2.20. The van der Waals surface area contributed by atoms with Crippen LogP contribution in [0.15, 0.2) is 0 Å². The van der Waals surface area contributed by atoms with Crippen LogP contribution in [0, 0.1) is 0 Å². The molecule has 0 amide bonds. The van der Waals surface area contributed by atoms with Crippen molar-refractivity contribution in [2.24, 2.45) is 5.73 Å². The zero-order valence-electron chi connectivity index (χ0n) is 7.70. The Balaban J connectivity index is 2.06. The van der Waals surface area contributed by atoms with E-state index in [0.29, 0.717) is 13.0 Å². The summed E-state index contributed by atoms with van der Waals surface area (Å²) in [4.78, 5) is 0. The van der Waals surface area contributed by atoms with Gasteiger partial charge in [0.25, 0.3) is 0 Å². The predicted molar refractivity (Wildman–Crippen MR) is 47.9 cm³/mol. The normalized spacial score (nSPS) is 32.2. The molecule has 0 aromatic carbocycles. The Kier molecular flexibility index (Phi) is 3.98. The fourth-order valence-electron chi connectivity index (χ4n) is 1.55. The van der Waals surface area contributed by atoms with Crippen molar-refractivity contribution in [1.82, 2.24) is 0 Å². The zero-order chi connectivity index (χ0) is 8.97. The fourth-order valence-corrected chi connectivity index (χ4v) is 1.55. The van der Waals surface area contributed by atoms with Crippen LogP contribution < -0.4 is 5.73 Å². The van der Waals surface area contributed by atoms with Gasteiger partial charge in [-0.1, -0.05) is 0 Å². The quantitative estimate of drug-likeness (QED) is 0.656. The van der Waals surface area contributed by atoms with Crippen molar-refractivity contribution in [2.75, 3.05) is 6.61 Å². The van der Waals surface area contributed by atoms with E-state index >= 15 is 0 Å². The van der Waals surface area contributed by atoms with E-state index in [1.165, 1.54) is 6.42 Å². The Morgan fingerprint density at radius 3 is 2.83 bits per heavy atom. The highest BCUT2D eigenvalue weighted by Gasteiger charge is 2.24. The van der Waals surface area contributed by atoms with Crippen LogP contribution >= 0.6 is 0 Å². The largest absolute Gasteiger partial charge is 0.393 e. The van der Waals surface area contributed by atoms with Gasteiger partial charge in [-0.15, -0.1) is 0 Å². The van der Waals surface area contributed by atoms with Crippen LogP contribution in [-0.2, 0) is 4.74 Å². The summed E-state index contributed by atoms with van der Waals surface area (Å²) >= 11 is 0. The second kappa shape index (κ2) is 4.80. The molecule has 0 aromatic rings. The Hall–Kier alpha value is -0.120. The number of ether oxygens (including phenoxy) is 1. The second-order valence-corrected chi connectivity index (χ2v) is 3.64. The van der Waals surface area contributed by atoms with E-state index < -0.39 is 0 Å². The van der Waals surface area contributed by atoms with E-state index in [-0.39, 0.29) is 18.2 Å². The predicted octanol–water partition coefficient (Wildman–Crippen LogP) is 0.654. The summed E-state index contributed by atoms with van der Waals surface area (Å²) in [6.07, 6.45) is 4.04. The SMILES string of the molecule is CC(O)CCOC1CCCC1N. The van der Waals surface area contributed by atoms with E-state index in [1.54, 1.807) is 6.92 Å². The van der Waals surface area contributed by atoms with Crippen LogP contribution in [0.4, 0.5) is 0 Å². The summed E-state index contributed by atoms with van der Waals surface area (Å²) in [7, 11) is 0. The van der Waals surface area contributed by atoms with Crippen molar-refractivity contribution < 1.29 is 9.84 Å². The summed E-state index contributed by atoms with van der Waals surface area (Å²) in [5.41, 5.74) is 5.81. The van der Waals surface area contributed by atoms with Gasteiger partial charge in [-0.2, -0.15) is 0 Å². The molecular formula is C9H19NO2. The molecule has 1 aliphatic carbocycles. The van der Waals surface area contributed by atoms with Crippen molar-refractivity contribution >= 4 is 0 Å². The average Bonchev–Trinajstić information content (AvgIpc) is 2.36. The molecular weight excluding hydrogens is 154 g/mol. The van der Waals surface area contributed by atoms with Gasteiger partial charge in [0.1, 0.15) is 0 Å². The molecule has 3 atom stereocenters. The van der Waals surface area contributed by atoms with Crippen LogP contribution in [0.5, 0.6) is 0 Å². The molecule has 1 fully saturated rings. The van der Waals surface area contributed by atoms with Crippen LogP contribution in [0.3, 0.4) is 0 Å². The lowest BCUT2D eigenvalue weighted by Crippen LogP contribution is -2.31. The summed E-state index contributed by atoms with van der Waals surface area (Å²) in [5.74, 6) is 0. The smallest absolute Gasteiger partial charge is 0.0725 e. The molecule has 3 heteroatoms. The number of hydrogen-bond acceptors (Lipinski definition) is 3. The molecule has 0 bridgehead atoms. The molecule has 1 saturated carbocycles. The highest BCUT2D eigenvalue weighted by atomic mass is 16.5. The third-order valence-electron chi connectivity index (χ3n) is 2.37. The van der Waals surface area contributed by atoms with Crippen molar-refractivity contribution in [1.29, 1.82) is 0 Å². The van der Waals surface area contributed by atoms with E-state index in [9.17, 15) is 0 Å². The molecule has 0 heterocycles. The van der Waals surface area contributed by atoms with Gasteiger partial charge in [-0.3, -0.25) is 0 Å². The lowest BCUT2D eigenvalue weighted by atomic mass is 10.2. The van der Waals surface area contributed by atoms with E-state index in [4.69, 9.17) is 15.6 Å². The molecule has 12 heavy (non-hydrogen) atoms. The zero-order valence-corrected chi connectivity index (χ0v) is 7.70. The number of hydrogen-bond donors (Lipinski definition) is 2. The monoisotopic (exact) mass is 173 g/mol. The fraction of sp³-hybridized carbons (Fsp3) is 1.00. The minimum absolute atomic E-state index is 0.221. The van der Waals surface area contributed by atoms with E-state index in [1.807, 2.05) is 0 Å². The Labute approximate surface area is 73.9 Å². The molecule has 72 valence electrons. The first-order valence-electron chi connectivity index (χ1n) is 4.75. The maximum Gasteiger partial charge on any atom is 0.0725 e. The van der Waals surface area contributed by atoms with Gasteiger partial charge in [0.2, 0.25) is 0 Å². The first kappa shape index (κ1) is 9.96. The van der Waals surface area contributed by atoms with Gasteiger partial charge in [-0.05, 0) is 32.6 Å². The molecule has 0 spiro atoms. The molecule has 3 N–H and O–H groups in total. The maximum atomic E-state index is 8.98. The lowest BCUT2D eigenvalue weighted by molar-refractivity contribution is 0.0276. The molecule has 0 aromatic heterocycles. The van der Waals surface area contributed by atoms with Crippen LogP contribution in [0.2, 0.25) is 0 Å². The lowest BCUT2D eigenvalue weighted by Gasteiger charge is -2.16. The second-order valence-electron chi connectivity index (χ2n) is 3.64. The topological polar surface area (TPSA) is 55.5 Å². The number of aliphatic hydroxyl groups is 1. The standard InChI is InChI=1S/C9H19NO2/c1-7(11)5-6-12-9-4-2-3-8(9)10/h7-9,11H,2-6,10H2,1H3. The minimum Gasteiger partial charge on any atom is -0.393 e. The summed E-state index contributed by atoms with van der Waals surface area (Å²) in [5, 5.41) is 8.98. The molecule has 1 aliphatic rings. The van der Waals surface area contributed by atoms with Crippen molar-refractivity contribution in [3.05, 3.63) is 0 Å².